The summed E-state index contributed by atoms with van der Waals surface area (Å²) >= 11 is 0. The van der Waals surface area contributed by atoms with Crippen molar-refractivity contribution in [3.05, 3.63) is 24.3 Å². The molecule has 0 aromatic heterocycles. The topological polar surface area (TPSA) is 32.3 Å². The van der Waals surface area contributed by atoms with Crippen LogP contribution in [0.3, 0.4) is 0 Å². The molecule has 3 nitrogen and oxygen atoms in total. The molecule has 1 aliphatic rings. The number of nitrogens with zero attached hydrogens (tertiary/aromatic N) is 1. The molecule has 0 bridgehead atoms. The van der Waals surface area contributed by atoms with Gasteiger partial charge in [-0.2, -0.15) is 0 Å². The van der Waals surface area contributed by atoms with Gasteiger partial charge in [0.05, 0.1) is 11.4 Å². The van der Waals surface area contributed by atoms with Gasteiger partial charge in [0, 0.05) is 6.54 Å². The number of hydrogen-bond acceptors (Lipinski definition) is 2. The van der Waals surface area contributed by atoms with Crippen molar-refractivity contribution in [3.8, 4) is 0 Å². The zero-order valence-electron chi connectivity index (χ0n) is 9.37. The van der Waals surface area contributed by atoms with E-state index in [0.717, 1.165) is 11.4 Å². The zero-order chi connectivity index (χ0) is 11.1. The van der Waals surface area contributed by atoms with Crippen LogP contribution in [0.4, 0.5) is 11.4 Å². The van der Waals surface area contributed by atoms with Crippen LogP contribution in [0.5, 0.6) is 0 Å². The highest BCUT2D eigenvalue weighted by molar-refractivity contribution is 6.07. The van der Waals surface area contributed by atoms with Gasteiger partial charge in [-0.1, -0.05) is 12.1 Å². The average molecular weight is 204 g/mol. The highest BCUT2D eigenvalue weighted by Gasteiger charge is 2.37. The minimum atomic E-state index is -0.510. The number of para-hydroxylation sites is 2. The van der Waals surface area contributed by atoms with E-state index in [2.05, 4.69) is 5.32 Å². The molecule has 1 N–H and O–H groups in total. The Hall–Kier alpha value is -1.51. The van der Waals surface area contributed by atoms with Crippen LogP contribution in [0, 0.1) is 0 Å². The number of nitrogens with one attached hydrogen (secondary N) is 1. The lowest BCUT2D eigenvalue weighted by atomic mass is 9.98. The predicted molar refractivity (Wildman–Crippen MR) is 62.2 cm³/mol. The van der Waals surface area contributed by atoms with Gasteiger partial charge >= 0.3 is 0 Å². The maximum absolute atomic E-state index is 12.1. The average Bonchev–Trinajstić information content (AvgIpc) is 2.19. The summed E-state index contributed by atoms with van der Waals surface area (Å²) in [5, 5.41) is 3.26. The molecule has 0 saturated heterocycles. The smallest absolute Gasteiger partial charge is 0.252 e. The minimum absolute atomic E-state index is 0.128. The van der Waals surface area contributed by atoms with E-state index >= 15 is 0 Å². The molecule has 0 saturated carbocycles. The van der Waals surface area contributed by atoms with E-state index in [9.17, 15) is 4.79 Å². The Balaban J connectivity index is 2.53. The third-order valence-corrected chi connectivity index (χ3v) is 2.74. The molecule has 0 spiro atoms. The Morgan fingerprint density at radius 2 is 2.00 bits per heavy atom. The van der Waals surface area contributed by atoms with Crippen molar-refractivity contribution in [2.75, 3.05) is 16.8 Å². The summed E-state index contributed by atoms with van der Waals surface area (Å²) < 4.78 is 0. The molecule has 1 aromatic carbocycles. The molecular weight excluding hydrogens is 188 g/mol. The molecule has 1 aliphatic heterocycles. The molecule has 1 aromatic rings. The number of anilines is 2. The number of carbonyl (C=O) groups excluding carboxylic acids is 1. The van der Waals surface area contributed by atoms with Crippen molar-refractivity contribution in [2.24, 2.45) is 0 Å². The molecule has 2 rings (SSSR count). The number of benzene rings is 1. The van der Waals surface area contributed by atoms with Crippen LogP contribution in [0.25, 0.3) is 0 Å². The molecule has 0 atom stereocenters. The Labute approximate surface area is 90.1 Å². The van der Waals surface area contributed by atoms with Crippen molar-refractivity contribution < 1.29 is 4.79 Å². The fourth-order valence-electron chi connectivity index (χ4n) is 1.97. The molecule has 0 radical (unpaired) electrons. The number of rotatable bonds is 1. The number of carbonyl (C=O) groups is 1. The van der Waals surface area contributed by atoms with Gasteiger partial charge < -0.3 is 10.2 Å². The summed E-state index contributed by atoms with van der Waals surface area (Å²) in [6.07, 6.45) is 0. The largest absolute Gasteiger partial charge is 0.370 e. The summed E-state index contributed by atoms with van der Waals surface area (Å²) in [5.74, 6) is 0.128. The monoisotopic (exact) mass is 204 g/mol. The second-order valence-corrected chi connectivity index (χ2v) is 4.32. The Kier molecular flexibility index (Phi) is 2.18. The Bertz CT molecular complexity index is 398. The van der Waals surface area contributed by atoms with E-state index < -0.39 is 5.54 Å². The lowest BCUT2D eigenvalue weighted by Gasteiger charge is -2.39. The van der Waals surface area contributed by atoms with Gasteiger partial charge in [0.15, 0.2) is 0 Å². The highest BCUT2D eigenvalue weighted by Crippen LogP contribution is 2.34. The summed E-state index contributed by atoms with van der Waals surface area (Å²) in [6.45, 7) is 6.53. The van der Waals surface area contributed by atoms with E-state index in [4.69, 9.17) is 0 Å². The number of likely N-dealkylation sites (N-methyl/N-ethyl adjacent to an activating group) is 1. The van der Waals surface area contributed by atoms with Crippen molar-refractivity contribution in [3.63, 3.8) is 0 Å². The maximum atomic E-state index is 12.1. The molecule has 0 unspecified atom stereocenters. The molecule has 1 heterocycles. The highest BCUT2D eigenvalue weighted by atomic mass is 16.2. The van der Waals surface area contributed by atoms with Crippen LogP contribution in [0.15, 0.2) is 24.3 Å². The van der Waals surface area contributed by atoms with Gasteiger partial charge in [0.25, 0.3) is 5.91 Å². The zero-order valence-corrected chi connectivity index (χ0v) is 9.37. The minimum Gasteiger partial charge on any atom is -0.370 e. The summed E-state index contributed by atoms with van der Waals surface area (Å²) in [4.78, 5) is 13.9. The van der Waals surface area contributed by atoms with Crippen LogP contribution in [-0.4, -0.2) is 18.0 Å². The number of amides is 1. The molecular formula is C12H16N2O. The van der Waals surface area contributed by atoms with Crippen molar-refractivity contribution in [2.45, 2.75) is 26.3 Å². The van der Waals surface area contributed by atoms with Crippen LogP contribution in [0.2, 0.25) is 0 Å². The third kappa shape index (κ3) is 1.48. The van der Waals surface area contributed by atoms with Gasteiger partial charge in [0.1, 0.15) is 5.54 Å². The first kappa shape index (κ1) is 10.0. The lowest BCUT2D eigenvalue weighted by molar-refractivity contribution is -0.122. The van der Waals surface area contributed by atoms with Gasteiger partial charge in [0.2, 0.25) is 0 Å². The normalized spacial score (nSPS) is 18.3. The van der Waals surface area contributed by atoms with Gasteiger partial charge in [-0.05, 0) is 32.9 Å². The van der Waals surface area contributed by atoms with Crippen LogP contribution < -0.4 is 10.2 Å². The summed E-state index contributed by atoms with van der Waals surface area (Å²) in [6, 6.07) is 7.91. The van der Waals surface area contributed by atoms with E-state index in [1.54, 1.807) is 0 Å². The molecule has 0 fully saturated rings. The number of fused-ring (bicyclic) bond motifs is 1. The SMILES string of the molecule is CCN1C(=O)C(C)(C)Nc2ccccc21. The second-order valence-electron chi connectivity index (χ2n) is 4.32. The van der Waals surface area contributed by atoms with Gasteiger partial charge in [-0.15, -0.1) is 0 Å². The quantitative estimate of drug-likeness (QED) is 0.761. The van der Waals surface area contributed by atoms with Crippen molar-refractivity contribution in [1.29, 1.82) is 0 Å². The predicted octanol–water partition coefficient (Wildman–Crippen LogP) is 2.24. The van der Waals surface area contributed by atoms with Crippen LogP contribution in [-0.2, 0) is 4.79 Å². The van der Waals surface area contributed by atoms with Crippen LogP contribution in [0.1, 0.15) is 20.8 Å². The Morgan fingerprint density at radius 1 is 1.33 bits per heavy atom. The Morgan fingerprint density at radius 3 is 2.67 bits per heavy atom. The second kappa shape index (κ2) is 3.26. The summed E-state index contributed by atoms with van der Waals surface area (Å²) in [5.41, 5.74) is 1.50. The molecule has 3 heteroatoms. The van der Waals surface area contributed by atoms with Gasteiger partial charge in [-0.25, -0.2) is 0 Å². The lowest BCUT2D eigenvalue weighted by Crippen LogP contribution is -2.53. The first-order chi connectivity index (χ1) is 7.06. The number of hydrogen-bond donors (Lipinski definition) is 1. The van der Waals surface area contributed by atoms with Gasteiger partial charge in [-0.3, -0.25) is 4.79 Å². The standard InChI is InChI=1S/C12H16N2O/c1-4-14-10-8-6-5-7-9(10)13-12(2,3)11(14)15/h5-8,13H,4H2,1-3H3. The fraction of sp³-hybridized carbons (Fsp3) is 0.417. The fourth-order valence-corrected chi connectivity index (χ4v) is 1.97. The molecule has 80 valence electrons. The molecule has 0 aliphatic carbocycles. The van der Waals surface area contributed by atoms with E-state index in [0.29, 0.717) is 6.54 Å². The molecule has 15 heavy (non-hydrogen) atoms. The maximum Gasteiger partial charge on any atom is 0.252 e. The first-order valence-electron chi connectivity index (χ1n) is 5.25. The van der Waals surface area contributed by atoms with Crippen LogP contribution >= 0.6 is 0 Å². The van der Waals surface area contributed by atoms with E-state index in [1.165, 1.54) is 0 Å². The van der Waals surface area contributed by atoms with Crippen molar-refractivity contribution in [1.82, 2.24) is 0 Å². The van der Waals surface area contributed by atoms with E-state index in [-0.39, 0.29) is 5.91 Å². The molecule has 1 amide bonds. The first-order valence-corrected chi connectivity index (χ1v) is 5.25. The third-order valence-electron chi connectivity index (χ3n) is 2.74. The summed E-state index contributed by atoms with van der Waals surface area (Å²) in [7, 11) is 0. The van der Waals surface area contributed by atoms with Crippen molar-refractivity contribution >= 4 is 17.3 Å². The van der Waals surface area contributed by atoms with E-state index in [1.807, 2.05) is 49.9 Å².